The minimum Gasteiger partial charge on any atom is -0.465 e. The second-order valence-corrected chi connectivity index (χ2v) is 9.14. The minimum atomic E-state index is -4.03. The molecule has 3 aromatic carbocycles. The van der Waals surface area contributed by atoms with Crippen LogP contribution in [0.15, 0.2) is 77.8 Å². The van der Waals surface area contributed by atoms with E-state index in [1.165, 1.54) is 42.6 Å². The molecule has 34 heavy (non-hydrogen) atoms. The van der Waals surface area contributed by atoms with Crippen molar-refractivity contribution >= 4 is 44.3 Å². The number of aromatic nitrogens is 1. The second-order valence-electron chi connectivity index (χ2n) is 7.33. The Hall–Kier alpha value is -4.38. The number of benzene rings is 3. The zero-order valence-corrected chi connectivity index (χ0v) is 18.3. The molecule has 4 rings (SSSR count). The molecule has 0 aliphatic carbocycles. The quantitative estimate of drug-likeness (QED) is 0.310. The molecule has 9 nitrogen and oxygen atoms in total. The van der Waals surface area contributed by atoms with Gasteiger partial charge in [0.2, 0.25) is 5.91 Å². The molecule has 0 atom stereocenters. The molecule has 11 heteroatoms. The lowest BCUT2D eigenvalue weighted by molar-refractivity contribution is -0.115. The van der Waals surface area contributed by atoms with Crippen LogP contribution in [0.25, 0.3) is 22.0 Å². The highest BCUT2D eigenvalue weighted by atomic mass is 32.2. The molecule has 0 aliphatic heterocycles. The Morgan fingerprint density at radius 1 is 1.03 bits per heavy atom. The van der Waals surface area contributed by atoms with Crippen LogP contribution in [0.4, 0.5) is 20.6 Å². The number of fused-ring (bicyclic) bond motifs is 1. The van der Waals surface area contributed by atoms with Crippen molar-refractivity contribution in [3.05, 3.63) is 78.7 Å². The van der Waals surface area contributed by atoms with Crippen molar-refractivity contribution in [3.8, 4) is 11.1 Å². The van der Waals surface area contributed by atoms with Gasteiger partial charge in [0, 0.05) is 17.1 Å². The Labute approximate surface area is 193 Å². The smallest absolute Gasteiger partial charge is 0.405 e. The van der Waals surface area contributed by atoms with Crippen molar-refractivity contribution in [2.75, 3.05) is 17.6 Å². The Kier molecular flexibility index (Phi) is 5.95. The number of carbonyl (C=O) groups is 2. The highest BCUT2D eigenvalue weighted by Crippen LogP contribution is 2.35. The van der Waals surface area contributed by atoms with Crippen LogP contribution in [0, 0.1) is 5.82 Å². The Morgan fingerprint density at radius 3 is 2.47 bits per heavy atom. The summed E-state index contributed by atoms with van der Waals surface area (Å²) in [5.41, 5.74) is 7.51. The average Bonchev–Trinajstić information content (AvgIpc) is 3.19. The number of hydrogen-bond donors (Lipinski definition) is 4. The summed E-state index contributed by atoms with van der Waals surface area (Å²) in [5.74, 6) is -1.24. The molecule has 0 unspecified atom stereocenters. The van der Waals surface area contributed by atoms with Gasteiger partial charge in [0.1, 0.15) is 12.4 Å². The standard InChI is InChI=1S/C23H19FN4O5S/c24-15-7-8-17-18(13-28(21(17)11-15)34(32,33)16-4-2-1-3-5-16)14-6-9-19(25)20(10-14)27-22(29)12-26-23(30)31/h1-11,13,26H,12,25H2,(H,27,29)(H,30,31). The van der Waals surface area contributed by atoms with Crippen LogP contribution in [0.2, 0.25) is 0 Å². The first kappa shape index (κ1) is 22.8. The summed E-state index contributed by atoms with van der Waals surface area (Å²) < 4.78 is 41.7. The normalized spacial score (nSPS) is 11.3. The maximum absolute atomic E-state index is 14.1. The van der Waals surface area contributed by atoms with Crippen LogP contribution in [0.5, 0.6) is 0 Å². The van der Waals surface area contributed by atoms with Gasteiger partial charge in [-0.3, -0.25) is 4.79 Å². The number of carboxylic acid groups (broad SMARTS) is 1. The van der Waals surface area contributed by atoms with E-state index in [0.29, 0.717) is 16.5 Å². The van der Waals surface area contributed by atoms with Gasteiger partial charge in [-0.1, -0.05) is 24.3 Å². The summed E-state index contributed by atoms with van der Waals surface area (Å²) in [7, 11) is -4.03. The van der Waals surface area contributed by atoms with Crippen LogP contribution in [0.1, 0.15) is 0 Å². The Bertz CT molecular complexity index is 1520. The summed E-state index contributed by atoms with van der Waals surface area (Å²) in [6, 6.07) is 16.3. The van der Waals surface area contributed by atoms with E-state index in [0.717, 1.165) is 10.0 Å². The van der Waals surface area contributed by atoms with Crippen LogP contribution in [0.3, 0.4) is 0 Å². The number of carbonyl (C=O) groups excluding carboxylic acids is 1. The molecule has 0 spiro atoms. The largest absolute Gasteiger partial charge is 0.465 e. The third-order valence-corrected chi connectivity index (χ3v) is 6.76. The van der Waals surface area contributed by atoms with Crippen LogP contribution < -0.4 is 16.4 Å². The topological polar surface area (TPSA) is 144 Å². The molecule has 0 saturated carbocycles. The molecule has 1 aromatic heterocycles. The number of amides is 2. The van der Waals surface area contributed by atoms with Crippen molar-refractivity contribution in [1.29, 1.82) is 0 Å². The summed E-state index contributed by atoms with van der Waals surface area (Å²) in [6.07, 6.45) is 0.0340. The van der Waals surface area contributed by atoms with Gasteiger partial charge in [0.25, 0.3) is 10.0 Å². The lowest BCUT2D eigenvalue weighted by Gasteiger charge is -2.10. The fourth-order valence-electron chi connectivity index (χ4n) is 3.49. The summed E-state index contributed by atoms with van der Waals surface area (Å²) in [4.78, 5) is 22.7. The van der Waals surface area contributed by atoms with E-state index in [9.17, 15) is 22.4 Å². The molecule has 0 radical (unpaired) electrons. The van der Waals surface area contributed by atoms with Crippen molar-refractivity contribution < 1.29 is 27.5 Å². The van der Waals surface area contributed by atoms with E-state index < -0.39 is 34.4 Å². The van der Waals surface area contributed by atoms with E-state index in [1.807, 2.05) is 5.32 Å². The Morgan fingerprint density at radius 2 is 1.76 bits per heavy atom. The lowest BCUT2D eigenvalue weighted by Crippen LogP contribution is -2.31. The van der Waals surface area contributed by atoms with Gasteiger partial charge >= 0.3 is 6.09 Å². The van der Waals surface area contributed by atoms with E-state index in [2.05, 4.69) is 5.32 Å². The molecular formula is C23H19FN4O5S. The number of rotatable bonds is 6. The number of nitrogens with zero attached hydrogens (tertiary/aromatic N) is 1. The predicted molar refractivity (Wildman–Crippen MR) is 125 cm³/mol. The number of nitrogen functional groups attached to an aromatic ring is 1. The number of halogens is 1. The number of hydrogen-bond acceptors (Lipinski definition) is 5. The molecule has 4 aromatic rings. The van der Waals surface area contributed by atoms with E-state index in [4.69, 9.17) is 10.8 Å². The fourth-order valence-corrected chi connectivity index (χ4v) is 4.87. The summed E-state index contributed by atoms with van der Waals surface area (Å²) >= 11 is 0. The average molecular weight is 482 g/mol. The van der Waals surface area contributed by atoms with E-state index >= 15 is 0 Å². The van der Waals surface area contributed by atoms with Crippen LogP contribution >= 0.6 is 0 Å². The third kappa shape index (κ3) is 4.41. The van der Waals surface area contributed by atoms with Crippen molar-refractivity contribution in [3.63, 3.8) is 0 Å². The highest BCUT2D eigenvalue weighted by molar-refractivity contribution is 7.90. The molecule has 0 fully saturated rings. The van der Waals surface area contributed by atoms with Gasteiger partial charge in [0.15, 0.2) is 0 Å². The first-order valence-corrected chi connectivity index (χ1v) is 11.4. The molecule has 5 N–H and O–H groups in total. The van der Waals surface area contributed by atoms with Crippen molar-refractivity contribution in [2.24, 2.45) is 0 Å². The number of nitrogens with two attached hydrogens (primary N) is 1. The maximum Gasteiger partial charge on any atom is 0.405 e. The van der Waals surface area contributed by atoms with Crippen LogP contribution in [-0.2, 0) is 14.8 Å². The fraction of sp³-hybridized carbons (Fsp3) is 0.0435. The van der Waals surface area contributed by atoms with Crippen LogP contribution in [-0.4, -0.2) is 36.0 Å². The zero-order chi connectivity index (χ0) is 24.5. The Balaban J connectivity index is 1.82. The van der Waals surface area contributed by atoms with Crippen molar-refractivity contribution in [1.82, 2.24) is 9.29 Å². The van der Waals surface area contributed by atoms with Crippen molar-refractivity contribution in [2.45, 2.75) is 4.90 Å². The SMILES string of the molecule is Nc1ccc(-c2cn(S(=O)(=O)c3ccccc3)c3cc(F)ccc23)cc1NC(=O)CNC(=O)O. The zero-order valence-electron chi connectivity index (χ0n) is 17.5. The van der Waals surface area contributed by atoms with Gasteiger partial charge in [-0.15, -0.1) is 0 Å². The molecule has 1 heterocycles. The molecule has 2 amide bonds. The number of nitrogens with one attached hydrogen (secondary N) is 2. The van der Waals surface area contributed by atoms with Gasteiger partial charge in [-0.2, -0.15) is 0 Å². The van der Waals surface area contributed by atoms with E-state index in [1.54, 1.807) is 24.3 Å². The minimum absolute atomic E-state index is 0.0406. The molecule has 0 bridgehead atoms. The maximum atomic E-state index is 14.1. The summed E-state index contributed by atoms with van der Waals surface area (Å²) in [6.45, 7) is -0.479. The van der Waals surface area contributed by atoms with Gasteiger partial charge in [-0.25, -0.2) is 21.6 Å². The highest BCUT2D eigenvalue weighted by Gasteiger charge is 2.22. The third-order valence-electron chi connectivity index (χ3n) is 5.07. The monoisotopic (exact) mass is 482 g/mol. The van der Waals surface area contributed by atoms with Gasteiger partial charge in [0.05, 0.1) is 21.8 Å². The summed E-state index contributed by atoms with van der Waals surface area (Å²) in [5, 5.41) is 13.6. The first-order valence-electron chi connectivity index (χ1n) is 9.94. The molecule has 174 valence electrons. The predicted octanol–water partition coefficient (Wildman–Crippen LogP) is 3.47. The van der Waals surface area contributed by atoms with Gasteiger partial charge < -0.3 is 21.5 Å². The van der Waals surface area contributed by atoms with E-state index in [-0.39, 0.29) is 21.8 Å². The van der Waals surface area contributed by atoms with Gasteiger partial charge in [-0.05, 0) is 48.0 Å². The first-order chi connectivity index (χ1) is 16.2. The molecular weight excluding hydrogens is 463 g/mol. The number of anilines is 2. The lowest BCUT2D eigenvalue weighted by atomic mass is 10.0. The second kappa shape index (κ2) is 8.87. The molecule has 0 aliphatic rings. The molecule has 0 saturated heterocycles.